The van der Waals surface area contributed by atoms with Gasteiger partial charge in [0.1, 0.15) is 5.75 Å². The summed E-state index contributed by atoms with van der Waals surface area (Å²) in [7, 11) is 0. The van der Waals surface area contributed by atoms with Gasteiger partial charge < -0.3 is 15.4 Å². The average Bonchev–Trinajstić information content (AvgIpc) is 3.03. The molecule has 4 nitrogen and oxygen atoms in total. The van der Waals surface area contributed by atoms with Gasteiger partial charge in [-0.2, -0.15) is 8.78 Å². The van der Waals surface area contributed by atoms with Gasteiger partial charge in [-0.1, -0.05) is 18.2 Å². The van der Waals surface area contributed by atoms with Crippen LogP contribution in [0.4, 0.5) is 8.78 Å². The van der Waals surface area contributed by atoms with Crippen molar-refractivity contribution in [2.75, 3.05) is 6.54 Å². The zero-order valence-corrected chi connectivity index (χ0v) is 11.1. The van der Waals surface area contributed by atoms with Crippen molar-refractivity contribution >= 4 is 5.96 Å². The van der Waals surface area contributed by atoms with Crippen LogP contribution in [0.2, 0.25) is 0 Å². The fourth-order valence-electron chi connectivity index (χ4n) is 2.50. The second kappa shape index (κ2) is 5.26. The highest BCUT2D eigenvalue weighted by Crippen LogP contribution is 2.45. The van der Waals surface area contributed by atoms with E-state index in [1.54, 1.807) is 12.1 Å². The van der Waals surface area contributed by atoms with Crippen LogP contribution >= 0.6 is 0 Å². The van der Waals surface area contributed by atoms with E-state index < -0.39 is 6.61 Å². The van der Waals surface area contributed by atoms with Gasteiger partial charge in [0, 0.05) is 18.0 Å². The molecule has 0 spiro atoms. The summed E-state index contributed by atoms with van der Waals surface area (Å²) in [6, 6.07) is 7.56. The zero-order valence-electron chi connectivity index (χ0n) is 11.1. The van der Waals surface area contributed by atoms with Gasteiger partial charge in [0.05, 0.1) is 6.54 Å². The standard InChI is InChI=1S/C14H17F2N3O/c1-8-7-17-14(18-8)19-11-6-10(11)9-4-2-3-5-12(9)20-13(15)16/h2-5,8,10-11,13H,6-7H2,1H3,(H2,17,18,19)/t8?,10-,11+/m1/s1. The van der Waals surface area contributed by atoms with E-state index in [9.17, 15) is 8.78 Å². The summed E-state index contributed by atoms with van der Waals surface area (Å²) >= 11 is 0. The van der Waals surface area contributed by atoms with E-state index in [1.807, 2.05) is 12.1 Å². The quantitative estimate of drug-likeness (QED) is 0.888. The van der Waals surface area contributed by atoms with Crippen LogP contribution in [0.5, 0.6) is 5.75 Å². The lowest BCUT2D eigenvalue weighted by atomic mass is 10.1. The molecule has 1 saturated carbocycles. The van der Waals surface area contributed by atoms with Crippen LogP contribution in [-0.2, 0) is 0 Å². The fourth-order valence-corrected chi connectivity index (χ4v) is 2.50. The molecule has 2 N–H and O–H groups in total. The van der Waals surface area contributed by atoms with Gasteiger partial charge in [-0.15, -0.1) is 0 Å². The van der Waals surface area contributed by atoms with Crippen molar-refractivity contribution in [1.29, 1.82) is 0 Å². The van der Waals surface area contributed by atoms with Crippen molar-refractivity contribution in [2.45, 2.75) is 38.0 Å². The number of alkyl halides is 2. The largest absolute Gasteiger partial charge is 0.435 e. The molecule has 6 heteroatoms. The molecule has 3 rings (SSSR count). The van der Waals surface area contributed by atoms with Crippen molar-refractivity contribution in [3.05, 3.63) is 29.8 Å². The number of rotatable bonds is 4. The Morgan fingerprint density at radius 3 is 2.90 bits per heavy atom. The molecule has 108 valence electrons. The molecular formula is C14H17F2N3O. The topological polar surface area (TPSA) is 45.7 Å². The third kappa shape index (κ3) is 2.84. The predicted octanol–water partition coefficient (Wildman–Crippen LogP) is 2.08. The van der Waals surface area contributed by atoms with E-state index >= 15 is 0 Å². The number of nitrogens with one attached hydrogen (secondary N) is 2. The van der Waals surface area contributed by atoms with E-state index in [-0.39, 0.29) is 17.7 Å². The molecule has 0 radical (unpaired) electrons. The molecule has 1 aromatic rings. The molecule has 2 aliphatic rings. The van der Waals surface area contributed by atoms with Gasteiger partial charge in [-0.05, 0) is 25.0 Å². The first-order valence-corrected chi connectivity index (χ1v) is 6.74. The number of guanidine groups is 1. The third-order valence-electron chi connectivity index (χ3n) is 3.55. The van der Waals surface area contributed by atoms with Crippen LogP contribution < -0.4 is 15.4 Å². The van der Waals surface area contributed by atoms with E-state index in [4.69, 9.17) is 0 Å². The Labute approximate surface area is 116 Å². The number of ether oxygens (including phenoxy) is 1. The van der Waals surface area contributed by atoms with E-state index in [2.05, 4.69) is 27.3 Å². The SMILES string of the molecule is CC1CN=C(N[C@H]2C[C@@H]2c2ccccc2OC(F)F)N1. The molecule has 1 aromatic carbocycles. The van der Waals surface area contributed by atoms with Crippen LogP contribution in [0.25, 0.3) is 0 Å². The second-order valence-electron chi connectivity index (χ2n) is 5.24. The Hall–Kier alpha value is -1.85. The number of aliphatic imine (C=N–C) groups is 1. The number of benzene rings is 1. The first-order chi connectivity index (χ1) is 9.63. The molecule has 3 atom stereocenters. The summed E-state index contributed by atoms with van der Waals surface area (Å²) in [6.07, 6.45) is 0.901. The van der Waals surface area contributed by atoms with Crippen LogP contribution in [0.1, 0.15) is 24.8 Å². The lowest BCUT2D eigenvalue weighted by Gasteiger charge is -2.11. The molecule has 1 fully saturated rings. The third-order valence-corrected chi connectivity index (χ3v) is 3.55. The van der Waals surface area contributed by atoms with Crippen LogP contribution in [-0.4, -0.2) is 31.2 Å². The highest BCUT2D eigenvalue weighted by Gasteiger charge is 2.41. The molecule has 0 saturated heterocycles. The van der Waals surface area contributed by atoms with Gasteiger partial charge in [-0.25, -0.2) is 0 Å². The van der Waals surface area contributed by atoms with Gasteiger partial charge in [-0.3, -0.25) is 4.99 Å². The van der Waals surface area contributed by atoms with Gasteiger partial charge in [0.2, 0.25) is 0 Å². The van der Waals surface area contributed by atoms with Crippen molar-refractivity contribution in [3.63, 3.8) is 0 Å². The highest BCUT2D eigenvalue weighted by molar-refractivity contribution is 5.82. The Morgan fingerprint density at radius 2 is 2.20 bits per heavy atom. The molecule has 1 heterocycles. The molecule has 1 unspecified atom stereocenters. The summed E-state index contributed by atoms with van der Waals surface area (Å²) in [5, 5.41) is 6.54. The minimum absolute atomic E-state index is 0.199. The Balaban J connectivity index is 1.64. The lowest BCUT2D eigenvalue weighted by molar-refractivity contribution is -0.0504. The van der Waals surface area contributed by atoms with Crippen molar-refractivity contribution < 1.29 is 13.5 Å². The van der Waals surface area contributed by atoms with Crippen molar-refractivity contribution in [1.82, 2.24) is 10.6 Å². The Morgan fingerprint density at radius 1 is 1.40 bits per heavy atom. The van der Waals surface area contributed by atoms with E-state index in [1.165, 1.54) is 0 Å². The first-order valence-electron chi connectivity index (χ1n) is 6.74. The smallest absolute Gasteiger partial charge is 0.387 e. The second-order valence-corrected chi connectivity index (χ2v) is 5.24. The zero-order chi connectivity index (χ0) is 14.1. The summed E-state index contributed by atoms with van der Waals surface area (Å²) in [5.74, 6) is 1.27. The normalized spacial score (nSPS) is 28.0. The van der Waals surface area contributed by atoms with Crippen LogP contribution in [0, 0.1) is 0 Å². The maximum atomic E-state index is 12.4. The Kier molecular flexibility index (Phi) is 3.46. The molecule has 0 bridgehead atoms. The van der Waals surface area contributed by atoms with E-state index in [0.29, 0.717) is 6.04 Å². The highest BCUT2D eigenvalue weighted by atomic mass is 19.3. The van der Waals surface area contributed by atoms with Gasteiger partial charge in [0.15, 0.2) is 5.96 Å². The minimum atomic E-state index is -2.79. The maximum Gasteiger partial charge on any atom is 0.387 e. The molecule has 0 aromatic heterocycles. The number of hydrogen-bond donors (Lipinski definition) is 2. The summed E-state index contributed by atoms with van der Waals surface area (Å²) in [4.78, 5) is 4.34. The average molecular weight is 281 g/mol. The minimum Gasteiger partial charge on any atom is -0.435 e. The Bertz CT molecular complexity index is 521. The summed E-state index contributed by atoms with van der Waals surface area (Å²) < 4.78 is 29.3. The number of halogens is 2. The maximum absolute atomic E-state index is 12.4. The molecule has 1 aliphatic carbocycles. The monoisotopic (exact) mass is 281 g/mol. The van der Waals surface area contributed by atoms with Crippen molar-refractivity contribution in [3.8, 4) is 5.75 Å². The molecule has 1 aliphatic heterocycles. The van der Waals surface area contributed by atoms with Crippen LogP contribution in [0.3, 0.4) is 0 Å². The predicted molar refractivity (Wildman–Crippen MR) is 72.3 cm³/mol. The number of hydrogen-bond acceptors (Lipinski definition) is 4. The fraction of sp³-hybridized carbons (Fsp3) is 0.500. The summed E-state index contributed by atoms with van der Waals surface area (Å²) in [5.41, 5.74) is 0.831. The number of nitrogens with zero attached hydrogens (tertiary/aromatic N) is 1. The summed E-state index contributed by atoms with van der Waals surface area (Å²) in [6.45, 7) is 0.0436. The molecule has 0 amide bonds. The van der Waals surface area contributed by atoms with E-state index in [0.717, 1.165) is 24.5 Å². The van der Waals surface area contributed by atoms with Gasteiger partial charge in [0.25, 0.3) is 0 Å². The molecule has 20 heavy (non-hydrogen) atoms. The van der Waals surface area contributed by atoms with Crippen molar-refractivity contribution in [2.24, 2.45) is 4.99 Å². The van der Waals surface area contributed by atoms with Gasteiger partial charge >= 0.3 is 6.61 Å². The lowest BCUT2D eigenvalue weighted by Crippen LogP contribution is -2.39. The first kappa shape index (κ1) is 13.1. The number of para-hydroxylation sites is 1. The van der Waals surface area contributed by atoms with Crippen LogP contribution in [0.15, 0.2) is 29.3 Å². The molecular weight excluding hydrogens is 264 g/mol.